The van der Waals surface area contributed by atoms with E-state index in [4.69, 9.17) is 11.6 Å². The van der Waals surface area contributed by atoms with Gasteiger partial charge < -0.3 is 4.57 Å². The molecule has 0 atom stereocenters. The van der Waals surface area contributed by atoms with Crippen LogP contribution in [0.25, 0.3) is 0 Å². The van der Waals surface area contributed by atoms with Gasteiger partial charge >= 0.3 is 0 Å². The molecule has 0 saturated carbocycles. The molecule has 0 unspecified atom stereocenters. The Morgan fingerprint density at radius 2 is 2.18 bits per heavy atom. The highest BCUT2D eigenvalue weighted by Crippen LogP contribution is 2.12. The van der Waals surface area contributed by atoms with Crippen LogP contribution in [0.1, 0.15) is 29.8 Å². The first kappa shape index (κ1) is 13.5. The number of hydrogen-bond acceptors (Lipinski definition) is 2. The van der Waals surface area contributed by atoms with Crippen molar-refractivity contribution in [2.24, 2.45) is 4.99 Å². The number of carbonyl (C=O) groups excluding carboxylic acids is 1. The van der Waals surface area contributed by atoms with Gasteiger partial charge in [-0.15, -0.1) is 0 Å². The molecule has 0 saturated heterocycles. The molecule has 1 rings (SSSR count). The molecular formula is C13H15ClN2O. The van der Waals surface area contributed by atoms with E-state index < -0.39 is 0 Å². The second-order valence-corrected chi connectivity index (χ2v) is 4.14. The molecule has 0 aromatic carbocycles. The molecule has 0 aliphatic heterocycles. The molecule has 3 nitrogen and oxygen atoms in total. The van der Waals surface area contributed by atoms with E-state index in [9.17, 15) is 4.79 Å². The van der Waals surface area contributed by atoms with Gasteiger partial charge in [0.1, 0.15) is 11.0 Å². The van der Waals surface area contributed by atoms with Crippen LogP contribution in [0.5, 0.6) is 0 Å². The first-order valence-electron chi connectivity index (χ1n) is 5.20. The highest BCUT2D eigenvalue weighted by atomic mass is 35.5. The van der Waals surface area contributed by atoms with E-state index in [1.54, 1.807) is 10.8 Å². The Bertz CT molecular complexity index is 509. The van der Waals surface area contributed by atoms with Gasteiger partial charge in [-0.05, 0) is 31.9 Å². The fourth-order valence-corrected chi connectivity index (χ4v) is 1.49. The average molecular weight is 251 g/mol. The Morgan fingerprint density at radius 1 is 1.53 bits per heavy atom. The van der Waals surface area contributed by atoms with Crippen LogP contribution in [-0.4, -0.2) is 16.7 Å². The molecule has 1 aromatic heterocycles. The third-order valence-electron chi connectivity index (χ3n) is 2.45. The Balaban J connectivity index is 3.32. The lowest BCUT2D eigenvalue weighted by atomic mass is 10.2. The maximum atomic E-state index is 10.8. The molecular weight excluding hydrogens is 236 g/mol. The lowest BCUT2D eigenvalue weighted by Gasteiger charge is -2.07. The van der Waals surface area contributed by atoms with Crippen LogP contribution in [0.2, 0.25) is 0 Å². The normalized spacial score (nSPS) is 12.7. The zero-order chi connectivity index (χ0) is 13.0. The van der Waals surface area contributed by atoms with Gasteiger partial charge in [0.2, 0.25) is 0 Å². The van der Waals surface area contributed by atoms with Crippen LogP contribution in [0.15, 0.2) is 40.8 Å². The number of aliphatic imine (C=N–C) groups is 1. The van der Waals surface area contributed by atoms with E-state index in [1.807, 2.05) is 33.0 Å². The van der Waals surface area contributed by atoms with Gasteiger partial charge in [0.25, 0.3) is 0 Å². The van der Waals surface area contributed by atoms with Crippen molar-refractivity contribution in [3.63, 3.8) is 0 Å². The van der Waals surface area contributed by atoms with Gasteiger partial charge in [-0.1, -0.05) is 24.3 Å². The minimum absolute atomic E-state index is 0.209. The van der Waals surface area contributed by atoms with Gasteiger partial charge in [-0.25, -0.2) is 4.99 Å². The van der Waals surface area contributed by atoms with E-state index in [0.29, 0.717) is 11.4 Å². The van der Waals surface area contributed by atoms with Gasteiger partial charge in [-0.2, -0.15) is 0 Å². The van der Waals surface area contributed by atoms with E-state index in [-0.39, 0.29) is 5.16 Å². The largest absolute Gasteiger partial charge is 0.307 e. The summed E-state index contributed by atoms with van der Waals surface area (Å²) in [4.78, 5) is 15.0. The van der Waals surface area contributed by atoms with Gasteiger partial charge in [0.05, 0.1) is 0 Å². The fraction of sp³-hybridized carbons (Fsp3) is 0.231. The second-order valence-electron chi connectivity index (χ2n) is 3.71. The second kappa shape index (κ2) is 5.64. The zero-order valence-corrected chi connectivity index (χ0v) is 11.0. The van der Waals surface area contributed by atoms with Gasteiger partial charge in [0, 0.05) is 18.0 Å². The summed E-state index contributed by atoms with van der Waals surface area (Å²) in [6.45, 7) is 9.27. The third-order valence-corrected chi connectivity index (χ3v) is 2.54. The SMILES string of the molecule is C=C(Cl)/N=C(\C(C)=CC)n1cc(C)c(C=O)c1. The van der Waals surface area contributed by atoms with Crippen LogP contribution < -0.4 is 0 Å². The molecule has 0 amide bonds. The van der Waals surface area contributed by atoms with Crippen molar-refractivity contribution in [2.75, 3.05) is 0 Å². The van der Waals surface area contributed by atoms with Crippen molar-refractivity contribution >= 4 is 23.7 Å². The van der Waals surface area contributed by atoms with Crippen molar-refractivity contribution in [1.29, 1.82) is 0 Å². The maximum absolute atomic E-state index is 10.8. The smallest absolute Gasteiger partial charge is 0.151 e. The van der Waals surface area contributed by atoms with Crippen LogP contribution in [-0.2, 0) is 0 Å². The fourth-order valence-electron chi connectivity index (χ4n) is 1.41. The lowest BCUT2D eigenvalue weighted by molar-refractivity contribution is 0.112. The molecule has 0 fully saturated rings. The number of allylic oxidation sites excluding steroid dienone is 2. The Morgan fingerprint density at radius 3 is 2.59 bits per heavy atom. The first-order chi connectivity index (χ1) is 7.99. The molecule has 0 N–H and O–H groups in total. The van der Waals surface area contributed by atoms with Crippen LogP contribution in [0, 0.1) is 6.92 Å². The summed E-state index contributed by atoms with van der Waals surface area (Å²) in [5, 5.41) is 0.209. The molecule has 0 radical (unpaired) electrons. The predicted octanol–water partition coefficient (Wildman–Crippen LogP) is 3.53. The summed E-state index contributed by atoms with van der Waals surface area (Å²) in [5.41, 5.74) is 2.50. The number of halogens is 1. The number of nitrogens with zero attached hydrogens (tertiary/aromatic N) is 2. The highest BCUT2D eigenvalue weighted by Gasteiger charge is 2.08. The number of aromatic nitrogens is 1. The maximum Gasteiger partial charge on any atom is 0.151 e. The monoisotopic (exact) mass is 250 g/mol. The van der Waals surface area contributed by atoms with Gasteiger partial charge in [-0.3, -0.25) is 4.79 Å². The summed E-state index contributed by atoms with van der Waals surface area (Å²) in [6, 6.07) is 0. The Hall–Kier alpha value is -1.61. The van der Waals surface area contributed by atoms with Crippen molar-refractivity contribution < 1.29 is 4.79 Å². The topological polar surface area (TPSA) is 34.4 Å². The van der Waals surface area contributed by atoms with Crippen LogP contribution >= 0.6 is 11.6 Å². The quantitative estimate of drug-likeness (QED) is 0.350. The molecule has 0 aliphatic rings. The van der Waals surface area contributed by atoms with E-state index in [0.717, 1.165) is 17.4 Å². The van der Waals surface area contributed by atoms with Crippen molar-refractivity contribution in [1.82, 2.24) is 4.57 Å². The number of aryl methyl sites for hydroxylation is 1. The van der Waals surface area contributed by atoms with Crippen molar-refractivity contribution in [3.05, 3.63) is 46.9 Å². The van der Waals surface area contributed by atoms with E-state index in [2.05, 4.69) is 11.6 Å². The number of rotatable bonds is 3. The number of carbonyl (C=O) groups is 1. The molecule has 0 spiro atoms. The summed E-state index contributed by atoms with van der Waals surface area (Å²) in [5.74, 6) is 0.670. The van der Waals surface area contributed by atoms with E-state index in [1.165, 1.54) is 0 Å². The Kier molecular flexibility index (Phi) is 4.46. The van der Waals surface area contributed by atoms with Gasteiger partial charge in [0.15, 0.2) is 6.29 Å². The molecule has 0 aliphatic carbocycles. The summed E-state index contributed by atoms with van der Waals surface area (Å²) in [6.07, 6.45) is 6.32. The number of aldehydes is 1. The average Bonchev–Trinajstić information content (AvgIpc) is 2.66. The highest BCUT2D eigenvalue weighted by molar-refractivity contribution is 6.30. The summed E-state index contributed by atoms with van der Waals surface area (Å²) >= 11 is 5.71. The summed E-state index contributed by atoms with van der Waals surface area (Å²) in [7, 11) is 0. The minimum atomic E-state index is 0.209. The van der Waals surface area contributed by atoms with E-state index >= 15 is 0 Å². The molecule has 0 bridgehead atoms. The Labute approximate surface area is 106 Å². The standard InChI is InChI=1S/C13H15ClN2O/c1-5-9(2)13(15-11(4)14)16-6-10(3)12(7-16)8-17/h5-8H,4H2,1-3H3/b9-5?,15-13+. The molecule has 4 heteroatoms. The summed E-state index contributed by atoms with van der Waals surface area (Å²) < 4.78 is 1.78. The molecule has 17 heavy (non-hydrogen) atoms. The molecule has 90 valence electrons. The number of hydrogen-bond donors (Lipinski definition) is 0. The van der Waals surface area contributed by atoms with Crippen LogP contribution in [0.3, 0.4) is 0 Å². The lowest BCUT2D eigenvalue weighted by Crippen LogP contribution is -2.11. The van der Waals surface area contributed by atoms with Crippen LogP contribution in [0.4, 0.5) is 0 Å². The minimum Gasteiger partial charge on any atom is -0.307 e. The molecule has 1 aromatic rings. The van der Waals surface area contributed by atoms with Crippen molar-refractivity contribution in [3.8, 4) is 0 Å². The molecule has 1 heterocycles. The van der Waals surface area contributed by atoms with Crippen molar-refractivity contribution in [2.45, 2.75) is 20.8 Å². The zero-order valence-electron chi connectivity index (χ0n) is 10.2. The predicted molar refractivity (Wildman–Crippen MR) is 71.8 cm³/mol. The first-order valence-corrected chi connectivity index (χ1v) is 5.58. The third kappa shape index (κ3) is 3.17.